The Labute approximate surface area is 265 Å². The summed E-state index contributed by atoms with van der Waals surface area (Å²) in [5.41, 5.74) is 3.89. The van der Waals surface area contributed by atoms with Crippen LogP contribution in [0, 0.1) is 0 Å². The first-order valence-electron chi connectivity index (χ1n) is 15.6. The largest absolute Gasteiger partial charge is 0.491 e. The van der Waals surface area contributed by atoms with Crippen LogP contribution in [0.25, 0.3) is 22.3 Å². The van der Waals surface area contributed by atoms with Crippen LogP contribution in [0.1, 0.15) is 47.5 Å². The minimum Gasteiger partial charge on any atom is -0.491 e. The summed E-state index contributed by atoms with van der Waals surface area (Å²) in [6, 6.07) is 6.09. The molecule has 1 unspecified atom stereocenters. The van der Waals surface area contributed by atoms with Gasteiger partial charge < -0.3 is 29.6 Å². The third kappa shape index (κ3) is 7.44. The van der Waals surface area contributed by atoms with Gasteiger partial charge in [-0.15, -0.1) is 0 Å². The number of methoxy groups -OCH3 is 1. The first-order valence-corrected chi connectivity index (χ1v) is 15.6. The molecule has 0 bridgehead atoms. The number of allylic oxidation sites excluding steroid dienone is 1. The number of aliphatic imine (C=N–C) groups is 1. The normalized spacial score (nSPS) is 17.5. The third-order valence-corrected chi connectivity index (χ3v) is 8.20. The highest BCUT2D eigenvalue weighted by atomic mass is 16.6. The molecule has 12 heteroatoms. The number of fused-ring (bicyclic) bond motifs is 1. The van der Waals surface area contributed by atoms with E-state index in [1.807, 2.05) is 52.0 Å². The highest BCUT2D eigenvalue weighted by Gasteiger charge is 2.28. The number of H-pyrrole nitrogens is 1. The van der Waals surface area contributed by atoms with Crippen LogP contribution in [-0.4, -0.2) is 101 Å². The van der Waals surface area contributed by atoms with Gasteiger partial charge >= 0.3 is 6.09 Å². The molecule has 0 spiro atoms. The molecule has 2 aliphatic heterocycles. The first kappa shape index (κ1) is 32.0. The zero-order chi connectivity index (χ0) is 32.1. The van der Waals surface area contributed by atoms with Gasteiger partial charge in [-0.25, -0.2) is 24.7 Å². The lowest BCUT2D eigenvalue weighted by Gasteiger charge is -2.38. The van der Waals surface area contributed by atoms with Crippen molar-refractivity contribution in [3.8, 4) is 17.0 Å². The van der Waals surface area contributed by atoms with Crippen molar-refractivity contribution in [3.63, 3.8) is 0 Å². The van der Waals surface area contributed by atoms with Crippen LogP contribution < -0.4 is 15.0 Å². The average molecular weight is 616 g/mol. The summed E-state index contributed by atoms with van der Waals surface area (Å²) < 4.78 is 11.4. The molecule has 2 fully saturated rings. The second-order valence-corrected chi connectivity index (χ2v) is 12.4. The van der Waals surface area contributed by atoms with Gasteiger partial charge in [0.05, 0.1) is 18.1 Å². The summed E-state index contributed by atoms with van der Waals surface area (Å²) in [6.07, 6.45) is 7.70. The van der Waals surface area contributed by atoms with Crippen molar-refractivity contribution >= 4 is 35.6 Å². The molecule has 1 aromatic carbocycles. The lowest BCUT2D eigenvalue weighted by molar-refractivity contribution is 0.0126. The number of anilines is 2. The molecule has 240 valence electrons. The van der Waals surface area contributed by atoms with Crippen molar-refractivity contribution in [2.75, 3.05) is 56.6 Å². The Hall–Kier alpha value is -4.45. The number of carbonyl (C=O) groups is 1. The van der Waals surface area contributed by atoms with Gasteiger partial charge in [0.2, 0.25) is 5.95 Å². The van der Waals surface area contributed by atoms with Gasteiger partial charge in [-0.2, -0.15) is 0 Å². The summed E-state index contributed by atoms with van der Waals surface area (Å²) in [5.74, 6) is 2.64. The van der Waals surface area contributed by atoms with E-state index < -0.39 is 5.60 Å². The van der Waals surface area contributed by atoms with E-state index in [4.69, 9.17) is 14.5 Å². The number of aromatic nitrogens is 4. The Bertz CT molecular complexity index is 1580. The number of nitrogens with zero attached hydrogens (tertiary/aromatic N) is 7. The smallest absolute Gasteiger partial charge is 0.410 e. The van der Waals surface area contributed by atoms with Gasteiger partial charge in [0, 0.05) is 50.9 Å². The Morgan fingerprint density at radius 1 is 1.13 bits per heavy atom. The predicted octanol–water partition coefficient (Wildman–Crippen LogP) is 5.47. The van der Waals surface area contributed by atoms with Crippen LogP contribution >= 0.6 is 0 Å². The third-order valence-electron chi connectivity index (χ3n) is 8.20. The highest BCUT2D eigenvalue weighted by molar-refractivity contribution is 5.85. The molecule has 0 saturated carbocycles. The van der Waals surface area contributed by atoms with Crippen LogP contribution in [0.3, 0.4) is 0 Å². The van der Waals surface area contributed by atoms with E-state index in [1.54, 1.807) is 18.3 Å². The zero-order valence-corrected chi connectivity index (χ0v) is 27.3. The topological polar surface area (TPSA) is 124 Å². The number of rotatable bonds is 9. The maximum absolute atomic E-state index is 12.5. The maximum Gasteiger partial charge on any atom is 0.410 e. The number of piperazine rings is 1. The van der Waals surface area contributed by atoms with E-state index >= 15 is 0 Å². The number of hydrogen-bond donors (Lipinski definition) is 2. The first-order chi connectivity index (χ1) is 21.6. The van der Waals surface area contributed by atoms with Gasteiger partial charge in [-0.1, -0.05) is 12.1 Å². The van der Waals surface area contributed by atoms with E-state index in [-0.39, 0.29) is 12.1 Å². The SMILES string of the molecule is C=N/C(=C\C(=C/C)C(C)N1CCN(C(=O)OC(C)(C)C)CC1)Nc1nc2ccc(-c3ncnc(N4CCCC4)c3OC)cc2[nH]1. The van der Waals surface area contributed by atoms with Crippen LogP contribution in [0.5, 0.6) is 5.75 Å². The molecule has 45 heavy (non-hydrogen) atoms. The Morgan fingerprint density at radius 2 is 1.87 bits per heavy atom. The minimum atomic E-state index is -0.505. The van der Waals surface area contributed by atoms with E-state index in [2.05, 4.69) is 54.8 Å². The number of ether oxygens (including phenoxy) is 2. The number of carbonyl (C=O) groups excluding carboxylic acids is 1. The fourth-order valence-electron chi connectivity index (χ4n) is 5.80. The number of hydrogen-bond acceptors (Lipinski definition) is 10. The molecule has 0 radical (unpaired) electrons. The summed E-state index contributed by atoms with van der Waals surface area (Å²) >= 11 is 0. The molecule has 5 rings (SSSR count). The number of amides is 1. The number of benzene rings is 1. The van der Waals surface area contributed by atoms with Gasteiger partial charge in [0.1, 0.15) is 23.4 Å². The molecule has 12 nitrogen and oxygen atoms in total. The second-order valence-electron chi connectivity index (χ2n) is 12.4. The van der Waals surface area contributed by atoms with Gasteiger partial charge in [0.25, 0.3) is 0 Å². The number of nitrogens with one attached hydrogen (secondary N) is 2. The van der Waals surface area contributed by atoms with E-state index in [9.17, 15) is 4.79 Å². The maximum atomic E-state index is 12.5. The summed E-state index contributed by atoms with van der Waals surface area (Å²) in [5, 5.41) is 3.29. The van der Waals surface area contributed by atoms with Crippen molar-refractivity contribution < 1.29 is 14.3 Å². The molecule has 1 amide bonds. The molecule has 2 N–H and O–H groups in total. The molecule has 2 aromatic heterocycles. The van der Waals surface area contributed by atoms with Crippen LogP contribution in [0.2, 0.25) is 0 Å². The van der Waals surface area contributed by atoms with Crippen molar-refractivity contribution in [2.24, 2.45) is 4.99 Å². The Balaban J connectivity index is 1.28. The fraction of sp³-hybridized carbons (Fsp3) is 0.485. The van der Waals surface area contributed by atoms with Crippen LogP contribution in [-0.2, 0) is 4.74 Å². The lowest BCUT2D eigenvalue weighted by Crippen LogP contribution is -2.52. The monoisotopic (exact) mass is 615 g/mol. The Morgan fingerprint density at radius 3 is 2.51 bits per heavy atom. The number of aromatic amines is 1. The predicted molar refractivity (Wildman–Crippen MR) is 179 cm³/mol. The molecular formula is C33H45N9O3. The molecule has 2 aliphatic rings. The van der Waals surface area contributed by atoms with Crippen molar-refractivity contribution in [1.29, 1.82) is 0 Å². The van der Waals surface area contributed by atoms with E-state index in [0.29, 0.717) is 30.6 Å². The fourth-order valence-corrected chi connectivity index (χ4v) is 5.80. The van der Waals surface area contributed by atoms with Crippen LogP contribution in [0.4, 0.5) is 16.6 Å². The van der Waals surface area contributed by atoms with E-state index in [1.165, 1.54) is 0 Å². The second kappa shape index (κ2) is 13.7. The minimum absolute atomic E-state index is 0.112. The van der Waals surface area contributed by atoms with Gasteiger partial charge in [-0.05, 0) is 78.0 Å². The summed E-state index contributed by atoms with van der Waals surface area (Å²) in [4.78, 5) is 40.3. The standard InChI is InChI=1S/C33H45N9O3/c1-8-23(22(2)40-15-17-42(18-16-40)32(43)45-33(3,4)5)20-27(34-6)39-31-37-25-12-11-24(19-26(25)38-31)28-29(44-7)30(36-21-35-28)41-13-9-10-14-41/h8,11-12,19-22H,6,9-10,13-18H2,1-5,7H3,(H2,37,38,39)/b23-8+,27-20+. The van der Waals surface area contributed by atoms with Crippen molar-refractivity contribution in [3.05, 3.63) is 48.1 Å². The zero-order valence-electron chi connectivity index (χ0n) is 27.3. The van der Waals surface area contributed by atoms with Crippen molar-refractivity contribution in [2.45, 2.75) is 59.1 Å². The van der Waals surface area contributed by atoms with Gasteiger partial charge in [-0.3, -0.25) is 4.90 Å². The molecular weight excluding hydrogens is 570 g/mol. The molecule has 2 saturated heterocycles. The summed E-state index contributed by atoms with van der Waals surface area (Å²) in [7, 11) is 1.67. The molecule has 1 atom stereocenters. The average Bonchev–Trinajstić information content (AvgIpc) is 3.71. The highest BCUT2D eigenvalue weighted by Crippen LogP contribution is 2.37. The van der Waals surface area contributed by atoms with E-state index in [0.717, 1.165) is 72.7 Å². The lowest BCUT2D eigenvalue weighted by atomic mass is 10.1. The summed E-state index contributed by atoms with van der Waals surface area (Å²) in [6.45, 7) is 18.3. The van der Waals surface area contributed by atoms with Crippen molar-refractivity contribution in [1.82, 2.24) is 29.7 Å². The quantitative estimate of drug-likeness (QED) is 0.238. The molecule has 0 aliphatic carbocycles. The van der Waals surface area contributed by atoms with Gasteiger partial charge in [0.15, 0.2) is 11.6 Å². The number of imidazole rings is 1. The molecule has 4 heterocycles. The van der Waals surface area contributed by atoms with Crippen LogP contribution in [0.15, 0.2) is 53.1 Å². The Kier molecular flexibility index (Phi) is 9.71. The molecule has 3 aromatic rings.